The van der Waals surface area contributed by atoms with E-state index in [9.17, 15) is 12.8 Å². The van der Waals surface area contributed by atoms with Gasteiger partial charge < -0.3 is 5.73 Å². The Morgan fingerprint density at radius 1 is 1.41 bits per heavy atom. The number of hydrogen-bond acceptors (Lipinski definition) is 3. The zero-order valence-electron chi connectivity index (χ0n) is 9.93. The maximum Gasteiger partial charge on any atom is 0.243 e. The van der Waals surface area contributed by atoms with Gasteiger partial charge in [-0.3, -0.25) is 0 Å². The summed E-state index contributed by atoms with van der Waals surface area (Å²) < 4.78 is 38.7. The van der Waals surface area contributed by atoms with Crippen LogP contribution in [0.5, 0.6) is 0 Å². The lowest BCUT2D eigenvalue weighted by Crippen LogP contribution is -2.40. The molecule has 1 aromatic carbocycles. The summed E-state index contributed by atoms with van der Waals surface area (Å²) in [5.74, 6) is -0.567. The number of halogens is 1. The SMILES string of the molecule is CC(C)N(CCN)S(=O)(=O)c1cccc(F)c1. The Bertz CT molecular complexity index is 474. The molecule has 0 heterocycles. The minimum atomic E-state index is -3.67. The van der Waals surface area contributed by atoms with Crippen molar-refractivity contribution in [2.75, 3.05) is 13.1 Å². The van der Waals surface area contributed by atoms with Gasteiger partial charge in [0.2, 0.25) is 10.0 Å². The molecule has 0 radical (unpaired) electrons. The first kappa shape index (κ1) is 14.1. The third-order valence-corrected chi connectivity index (χ3v) is 4.40. The standard InChI is InChI=1S/C11H17FN2O2S/c1-9(2)14(7-6-13)17(15,16)11-5-3-4-10(12)8-11/h3-5,8-9H,6-7,13H2,1-2H3. The Balaban J connectivity index is 3.16. The molecule has 0 aliphatic rings. The van der Waals surface area contributed by atoms with E-state index in [0.29, 0.717) is 0 Å². The lowest BCUT2D eigenvalue weighted by Gasteiger charge is -2.25. The molecule has 0 fully saturated rings. The summed E-state index contributed by atoms with van der Waals surface area (Å²) in [5, 5.41) is 0. The summed E-state index contributed by atoms with van der Waals surface area (Å²) >= 11 is 0. The van der Waals surface area contributed by atoms with Crippen LogP contribution >= 0.6 is 0 Å². The Kier molecular flexibility index (Phi) is 4.62. The van der Waals surface area contributed by atoms with Gasteiger partial charge in [-0.05, 0) is 32.0 Å². The molecule has 1 aromatic rings. The molecule has 0 aliphatic carbocycles. The number of nitrogens with zero attached hydrogens (tertiary/aromatic N) is 1. The van der Waals surface area contributed by atoms with E-state index >= 15 is 0 Å². The molecular weight excluding hydrogens is 243 g/mol. The fourth-order valence-corrected chi connectivity index (χ4v) is 3.23. The van der Waals surface area contributed by atoms with Crippen molar-refractivity contribution < 1.29 is 12.8 Å². The fourth-order valence-electron chi connectivity index (χ4n) is 1.55. The molecule has 0 bridgehead atoms. The van der Waals surface area contributed by atoms with Crippen molar-refractivity contribution in [2.24, 2.45) is 5.73 Å². The van der Waals surface area contributed by atoms with Gasteiger partial charge in [0.25, 0.3) is 0 Å². The Hall–Kier alpha value is -0.980. The monoisotopic (exact) mass is 260 g/mol. The molecule has 0 atom stereocenters. The Labute approximate surface area is 101 Å². The molecule has 0 aromatic heterocycles. The molecule has 6 heteroatoms. The van der Waals surface area contributed by atoms with Gasteiger partial charge in [-0.2, -0.15) is 4.31 Å². The van der Waals surface area contributed by atoms with Crippen LogP contribution in [-0.2, 0) is 10.0 Å². The first-order valence-corrected chi connectivity index (χ1v) is 6.81. The molecular formula is C11H17FN2O2S. The molecule has 17 heavy (non-hydrogen) atoms. The van der Waals surface area contributed by atoms with Crippen LogP contribution in [0, 0.1) is 5.82 Å². The molecule has 0 spiro atoms. The lowest BCUT2D eigenvalue weighted by molar-refractivity contribution is 0.361. The molecule has 4 nitrogen and oxygen atoms in total. The highest BCUT2D eigenvalue weighted by atomic mass is 32.2. The third-order valence-electron chi connectivity index (χ3n) is 2.33. The van der Waals surface area contributed by atoms with Gasteiger partial charge in [0, 0.05) is 19.1 Å². The average molecular weight is 260 g/mol. The maximum atomic E-state index is 13.0. The first-order valence-electron chi connectivity index (χ1n) is 5.37. The van der Waals surface area contributed by atoms with E-state index in [0.717, 1.165) is 6.07 Å². The summed E-state index contributed by atoms with van der Waals surface area (Å²) in [5.41, 5.74) is 5.39. The first-order chi connectivity index (χ1) is 7.89. The molecule has 0 saturated carbocycles. The second-order valence-corrected chi connectivity index (χ2v) is 5.85. The zero-order chi connectivity index (χ0) is 13.1. The van der Waals surface area contributed by atoms with Crippen molar-refractivity contribution >= 4 is 10.0 Å². The summed E-state index contributed by atoms with van der Waals surface area (Å²) in [6.07, 6.45) is 0. The van der Waals surface area contributed by atoms with Gasteiger partial charge in [-0.1, -0.05) is 6.07 Å². The smallest absolute Gasteiger partial charge is 0.243 e. The number of benzene rings is 1. The molecule has 0 saturated heterocycles. The normalized spacial score (nSPS) is 12.4. The highest BCUT2D eigenvalue weighted by Crippen LogP contribution is 2.18. The van der Waals surface area contributed by atoms with Gasteiger partial charge in [0.1, 0.15) is 5.82 Å². The summed E-state index contributed by atoms with van der Waals surface area (Å²) in [7, 11) is -3.67. The van der Waals surface area contributed by atoms with E-state index in [1.807, 2.05) is 0 Å². The van der Waals surface area contributed by atoms with Crippen LogP contribution in [0.4, 0.5) is 4.39 Å². The number of nitrogens with two attached hydrogens (primary N) is 1. The van der Waals surface area contributed by atoms with E-state index in [2.05, 4.69) is 0 Å². The van der Waals surface area contributed by atoms with Crippen molar-refractivity contribution in [3.8, 4) is 0 Å². The number of sulfonamides is 1. The molecule has 2 N–H and O–H groups in total. The molecule has 96 valence electrons. The zero-order valence-corrected chi connectivity index (χ0v) is 10.7. The highest BCUT2D eigenvalue weighted by molar-refractivity contribution is 7.89. The largest absolute Gasteiger partial charge is 0.329 e. The minimum Gasteiger partial charge on any atom is -0.329 e. The second-order valence-electron chi connectivity index (χ2n) is 3.96. The third kappa shape index (κ3) is 3.24. The number of rotatable bonds is 5. The molecule has 0 unspecified atom stereocenters. The summed E-state index contributed by atoms with van der Waals surface area (Å²) in [6, 6.07) is 4.77. The number of hydrogen-bond donors (Lipinski definition) is 1. The topological polar surface area (TPSA) is 63.4 Å². The van der Waals surface area contributed by atoms with Crippen LogP contribution in [-0.4, -0.2) is 31.9 Å². The Morgan fingerprint density at radius 2 is 2.06 bits per heavy atom. The molecule has 0 aliphatic heterocycles. The fraction of sp³-hybridized carbons (Fsp3) is 0.455. The second kappa shape index (κ2) is 5.57. The highest BCUT2D eigenvalue weighted by Gasteiger charge is 2.26. The van der Waals surface area contributed by atoms with Crippen molar-refractivity contribution in [3.63, 3.8) is 0 Å². The summed E-state index contributed by atoms with van der Waals surface area (Å²) in [4.78, 5) is -0.0420. The van der Waals surface area contributed by atoms with Crippen molar-refractivity contribution in [1.82, 2.24) is 4.31 Å². The summed E-state index contributed by atoms with van der Waals surface area (Å²) in [6.45, 7) is 3.96. The van der Waals surface area contributed by atoms with Crippen LogP contribution in [0.25, 0.3) is 0 Å². The molecule has 0 amide bonds. The van der Waals surface area contributed by atoms with E-state index in [4.69, 9.17) is 5.73 Å². The van der Waals surface area contributed by atoms with Gasteiger partial charge >= 0.3 is 0 Å². The van der Waals surface area contributed by atoms with Gasteiger partial charge in [0.05, 0.1) is 4.90 Å². The van der Waals surface area contributed by atoms with Crippen LogP contribution in [0.2, 0.25) is 0 Å². The van der Waals surface area contributed by atoms with E-state index in [-0.39, 0.29) is 24.0 Å². The van der Waals surface area contributed by atoms with Crippen molar-refractivity contribution in [3.05, 3.63) is 30.1 Å². The molecule has 1 rings (SSSR count). The maximum absolute atomic E-state index is 13.0. The average Bonchev–Trinajstić information content (AvgIpc) is 2.25. The predicted molar refractivity (Wildman–Crippen MR) is 64.5 cm³/mol. The van der Waals surface area contributed by atoms with Crippen LogP contribution in [0.1, 0.15) is 13.8 Å². The quantitative estimate of drug-likeness (QED) is 0.864. The predicted octanol–water partition coefficient (Wildman–Crippen LogP) is 1.18. The lowest BCUT2D eigenvalue weighted by atomic mass is 10.3. The van der Waals surface area contributed by atoms with Crippen molar-refractivity contribution in [2.45, 2.75) is 24.8 Å². The van der Waals surface area contributed by atoms with Crippen LogP contribution < -0.4 is 5.73 Å². The minimum absolute atomic E-state index is 0.0420. The van der Waals surface area contributed by atoms with E-state index < -0.39 is 15.8 Å². The van der Waals surface area contributed by atoms with Crippen LogP contribution in [0.3, 0.4) is 0 Å². The van der Waals surface area contributed by atoms with Crippen molar-refractivity contribution in [1.29, 1.82) is 0 Å². The van der Waals surface area contributed by atoms with Crippen LogP contribution in [0.15, 0.2) is 29.2 Å². The Morgan fingerprint density at radius 3 is 2.53 bits per heavy atom. The van der Waals surface area contributed by atoms with Gasteiger partial charge in [-0.15, -0.1) is 0 Å². The van der Waals surface area contributed by atoms with E-state index in [1.54, 1.807) is 13.8 Å². The van der Waals surface area contributed by atoms with E-state index in [1.165, 1.54) is 22.5 Å². The van der Waals surface area contributed by atoms with Gasteiger partial charge in [0.15, 0.2) is 0 Å². The van der Waals surface area contributed by atoms with Gasteiger partial charge in [-0.25, -0.2) is 12.8 Å².